The van der Waals surface area contributed by atoms with Crippen LogP contribution in [0.4, 0.5) is 0 Å². The third-order valence-electron chi connectivity index (χ3n) is 2.18. The second kappa shape index (κ2) is 13.5. The van der Waals surface area contributed by atoms with Gasteiger partial charge in [-0.2, -0.15) is 30.3 Å². The molecule has 0 fully saturated rings. The van der Waals surface area contributed by atoms with Gasteiger partial charge in [0.2, 0.25) is 0 Å². The fourth-order valence-corrected chi connectivity index (χ4v) is 1.34. The molecular weight excluding hydrogens is 276 g/mol. The fraction of sp³-hybridized carbons (Fsp3) is 0.538. The molecule has 1 nitrogen and oxygen atoms in total. The average Bonchev–Trinajstić information content (AvgIpc) is 2.25. The Hall–Kier alpha value is 0.426. The first-order chi connectivity index (χ1) is 6.93. The Labute approximate surface area is 126 Å². The van der Waals surface area contributed by atoms with Crippen molar-refractivity contribution in [1.29, 1.82) is 0 Å². The van der Waals surface area contributed by atoms with Crippen molar-refractivity contribution in [3.8, 4) is 0 Å². The number of halogens is 1. The SMILES string of the molecule is CCCCCCOCc1c[c-]ccc1.[Br-].[Mg+2]. The van der Waals surface area contributed by atoms with E-state index in [1.54, 1.807) is 0 Å². The molecule has 0 N–H and O–H groups in total. The van der Waals surface area contributed by atoms with Crippen molar-refractivity contribution >= 4 is 23.1 Å². The molecule has 0 unspecified atom stereocenters. The van der Waals surface area contributed by atoms with Crippen molar-refractivity contribution in [2.45, 2.75) is 39.2 Å². The zero-order chi connectivity index (χ0) is 10.1. The summed E-state index contributed by atoms with van der Waals surface area (Å²) in [5, 5.41) is 0. The second-order valence-corrected chi connectivity index (χ2v) is 3.52. The van der Waals surface area contributed by atoms with Gasteiger partial charge < -0.3 is 21.7 Å². The molecule has 1 aromatic carbocycles. The number of ether oxygens (including phenoxy) is 1. The predicted molar refractivity (Wildman–Crippen MR) is 64.8 cm³/mol. The number of hydrogen-bond donors (Lipinski definition) is 0. The molecule has 86 valence electrons. The van der Waals surface area contributed by atoms with Crippen LogP contribution < -0.4 is 17.0 Å². The Morgan fingerprint density at radius 1 is 1.25 bits per heavy atom. The Balaban J connectivity index is 0. The topological polar surface area (TPSA) is 9.23 Å². The van der Waals surface area contributed by atoms with E-state index in [2.05, 4.69) is 19.1 Å². The Morgan fingerprint density at radius 2 is 2.06 bits per heavy atom. The quantitative estimate of drug-likeness (QED) is 0.397. The van der Waals surface area contributed by atoms with Crippen LogP contribution in [0.5, 0.6) is 0 Å². The van der Waals surface area contributed by atoms with Gasteiger partial charge in [-0.3, -0.25) is 0 Å². The van der Waals surface area contributed by atoms with Crippen LogP contribution in [0.15, 0.2) is 24.3 Å². The van der Waals surface area contributed by atoms with E-state index in [-0.39, 0.29) is 40.0 Å². The van der Waals surface area contributed by atoms with Crippen LogP contribution in [-0.4, -0.2) is 29.7 Å². The van der Waals surface area contributed by atoms with Crippen LogP contribution in [0.1, 0.15) is 38.2 Å². The minimum Gasteiger partial charge on any atom is -1.00 e. The van der Waals surface area contributed by atoms with Gasteiger partial charge in [-0.25, -0.2) is 0 Å². The molecule has 0 saturated carbocycles. The summed E-state index contributed by atoms with van der Waals surface area (Å²) >= 11 is 0. The Kier molecular flexibility index (Phi) is 15.8. The summed E-state index contributed by atoms with van der Waals surface area (Å²) in [6, 6.07) is 11.0. The van der Waals surface area contributed by atoms with Crippen LogP contribution in [-0.2, 0) is 11.3 Å². The monoisotopic (exact) mass is 294 g/mol. The van der Waals surface area contributed by atoms with E-state index in [9.17, 15) is 0 Å². The van der Waals surface area contributed by atoms with Gasteiger partial charge in [-0.1, -0.05) is 26.2 Å². The van der Waals surface area contributed by atoms with E-state index in [4.69, 9.17) is 4.74 Å². The minimum atomic E-state index is 0. The number of hydrogen-bond acceptors (Lipinski definition) is 1. The number of rotatable bonds is 7. The molecule has 0 aliphatic rings. The molecule has 0 aliphatic heterocycles. The summed E-state index contributed by atoms with van der Waals surface area (Å²) in [7, 11) is 0. The summed E-state index contributed by atoms with van der Waals surface area (Å²) in [6.45, 7) is 3.83. The molecule has 1 rings (SSSR count). The largest absolute Gasteiger partial charge is 2.00 e. The van der Waals surface area contributed by atoms with Gasteiger partial charge in [0.15, 0.2) is 0 Å². The number of benzene rings is 1. The normalized spacial score (nSPS) is 9.06. The fourth-order valence-electron chi connectivity index (χ4n) is 1.34. The molecular formula is C13H19BrMgO. The van der Waals surface area contributed by atoms with Gasteiger partial charge in [0.05, 0.1) is 0 Å². The molecule has 16 heavy (non-hydrogen) atoms. The first-order valence-corrected chi connectivity index (χ1v) is 5.46. The minimum absolute atomic E-state index is 0. The molecule has 0 aromatic heterocycles. The maximum Gasteiger partial charge on any atom is 2.00 e. The van der Waals surface area contributed by atoms with E-state index in [0.717, 1.165) is 13.2 Å². The third-order valence-corrected chi connectivity index (χ3v) is 2.18. The summed E-state index contributed by atoms with van der Waals surface area (Å²) in [6.07, 6.45) is 5.08. The van der Waals surface area contributed by atoms with E-state index < -0.39 is 0 Å². The van der Waals surface area contributed by atoms with Crippen LogP contribution in [0, 0.1) is 6.07 Å². The van der Waals surface area contributed by atoms with Crippen molar-refractivity contribution < 1.29 is 21.7 Å². The van der Waals surface area contributed by atoms with Crippen molar-refractivity contribution in [3.63, 3.8) is 0 Å². The summed E-state index contributed by atoms with van der Waals surface area (Å²) < 4.78 is 5.55. The molecule has 0 atom stereocenters. The zero-order valence-electron chi connectivity index (χ0n) is 10.0. The van der Waals surface area contributed by atoms with Crippen LogP contribution in [0.3, 0.4) is 0 Å². The third kappa shape index (κ3) is 9.64. The molecule has 3 heteroatoms. The van der Waals surface area contributed by atoms with Crippen LogP contribution in [0.2, 0.25) is 0 Å². The standard InChI is InChI=1S/C13H19O.BrH.Mg/c1-2-3-4-8-11-14-12-13-9-6-5-7-10-13;;/h5-6,9-10H,2-4,8,11-12H2,1H3;1H;/q-1;;+2/p-1. The predicted octanol–water partition coefficient (Wildman–Crippen LogP) is 0.207. The van der Waals surface area contributed by atoms with Gasteiger partial charge in [0, 0.05) is 13.2 Å². The number of unbranched alkanes of at least 4 members (excludes halogenated alkanes) is 3. The molecule has 0 heterocycles. The first kappa shape index (κ1) is 18.8. The van der Waals surface area contributed by atoms with E-state index in [1.807, 2.05) is 18.2 Å². The molecule has 0 saturated heterocycles. The smallest absolute Gasteiger partial charge is 1.00 e. The molecule has 0 amide bonds. The zero-order valence-corrected chi connectivity index (χ0v) is 13.0. The van der Waals surface area contributed by atoms with E-state index >= 15 is 0 Å². The maximum absolute atomic E-state index is 5.55. The molecule has 0 bridgehead atoms. The van der Waals surface area contributed by atoms with Gasteiger partial charge >= 0.3 is 23.1 Å². The average molecular weight is 296 g/mol. The van der Waals surface area contributed by atoms with Crippen molar-refractivity contribution in [2.75, 3.05) is 6.61 Å². The molecule has 0 aliphatic carbocycles. The first-order valence-electron chi connectivity index (χ1n) is 5.46. The summed E-state index contributed by atoms with van der Waals surface area (Å²) in [5.41, 5.74) is 1.21. The maximum atomic E-state index is 5.55. The summed E-state index contributed by atoms with van der Waals surface area (Å²) in [4.78, 5) is 0. The van der Waals surface area contributed by atoms with Gasteiger partial charge in [0.1, 0.15) is 0 Å². The van der Waals surface area contributed by atoms with Gasteiger partial charge in [0.25, 0.3) is 0 Å². The Morgan fingerprint density at radius 3 is 2.69 bits per heavy atom. The van der Waals surface area contributed by atoms with Crippen LogP contribution >= 0.6 is 0 Å². The van der Waals surface area contributed by atoms with Crippen molar-refractivity contribution in [2.24, 2.45) is 0 Å². The van der Waals surface area contributed by atoms with Gasteiger partial charge in [-0.05, 0) is 6.42 Å². The van der Waals surface area contributed by atoms with Gasteiger partial charge in [-0.15, -0.1) is 5.56 Å². The second-order valence-electron chi connectivity index (χ2n) is 3.52. The summed E-state index contributed by atoms with van der Waals surface area (Å²) in [5.74, 6) is 0. The molecule has 1 aromatic rings. The molecule has 0 spiro atoms. The molecule has 0 radical (unpaired) electrons. The van der Waals surface area contributed by atoms with Crippen molar-refractivity contribution in [3.05, 3.63) is 35.9 Å². The van der Waals surface area contributed by atoms with E-state index in [0.29, 0.717) is 0 Å². The Bertz CT molecular complexity index is 229. The van der Waals surface area contributed by atoms with E-state index in [1.165, 1.54) is 31.2 Å². The van der Waals surface area contributed by atoms with Crippen molar-refractivity contribution in [1.82, 2.24) is 0 Å². The van der Waals surface area contributed by atoms with Crippen LogP contribution in [0.25, 0.3) is 0 Å².